The van der Waals surface area contributed by atoms with Gasteiger partial charge in [0.1, 0.15) is 6.10 Å². The summed E-state index contributed by atoms with van der Waals surface area (Å²) in [6.45, 7) is 6.47. The molecule has 6 nitrogen and oxygen atoms in total. The van der Waals surface area contributed by atoms with Crippen molar-refractivity contribution in [3.05, 3.63) is 36.5 Å². The van der Waals surface area contributed by atoms with Crippen LogP contribution in [0.15, 0.2) is 36.5 Å². The third kappa shape index (κ3) is 46.6. The lowest BCUT2D eigenvalue weighted by Crippen LogP contribution is -2.46. The van der Waals surface area contributed by atoms with Crippen LogP contribution in [0.1, 0.15) is 297 Å². The lowest BCUT2D eigenvalue weighted by Gasteiger charge is -2.24. The first-order valence-corrected chi connectivity index (χ1v) is 28.2. The second kappa shape index (κ2) is 52.1. The minimum Gasteiger partial charge on any atom is -0.462 e. The molecule has 0 heterocycles. The molecule has 0 radical (unpaired) electrons. The van der Waals surface area contributed by atoms with Crippen LogP contribution in [0.25, 0.3) is 0 Å². The molecule has 1 amide bonds. The Morgan fingerprint density at radius 2 is 0.797 bits per heavy atom. The number of nitrogens with one attached hydrogen (secondary N) is 1. The molecule has 64 heavy (non-hydrogen) atoms. The highest BCUT2D eigenvalue weighted by molar-refractivity contribution is 5.77. The van der Waals surface area contributed by atoms with Crippen molar-refractivity contribution >= 4 is 11.9 Å². The summed E-state index contributed by atoms with van der Waals surface area (Å²) in [5, 5.41) is 23.9. The average Bonchev–Trinajstić information content (AvgIpc) is 3.29. The maximum atomic E-state index is 13.2. The highest BCUT2D eigenvalue weighted by Gasteiger charge is 2.24. The van der Waals surface area contributed by atoms with Crippen LogP contribution in [0.5, 0.6) is 0 Å². The first-order chi connectivity index (χ1) is 31.5. The Kier molecular flexibility index (Phi) is 50.5. The summed E-state index contributed by atoms with van der Waals surface area (Å²) in [7, 11) is 0. The molecule has 3 atom stereocenters. The molecule has 0 aliphatic heterocycles. The van der Waals surface area contributed by atoms with E-state index in [4.69, 9.17) is 4.74 Å². The van der Waals surface area contributed by atoms with Crippen LogP contribution >= 0.6 is 0 Å². The van der Waals surface area contributed by atoms with Gasteiger partial charge >= 0.3 is 5.97 Å². The van der Waals surface area contributed by atoms with Crippen LogP contribution < -0.4 is 5.32 Å². The van der Waals surface area contributed by atoms with Gasteiger partial charge in [-0.2, -0.15) is 0 Å². The molecule has 0 fully saturated rings. The molecular formula is C58H109NO5. The number of rotatable bonds is 51. The molecule has 0 spiro atoms. The molecule has 0 aliphatic rings. The third-order valence-electron chi connectivity index (χ3n) is 13.0. The van der Waals surface area contributed by atoms with Crippen molar-refractivity contribution in [1.29, 1.82) is 0 Å². The van der Waals surface area contributed by atoms with Gasteiger partial charge in [0.25, 0.3) is 0 Å². The number of carbonyl (C=O) groups excluding carboxylic acids is 2. The van der Waals surface area contributed by atoms with Crippen LogP contribution in [0.2, 0.25) is 0 Å². The Hall–Kier alpha value is -1.92. The van der Waals surface area contributed by atoms with E-state index in [1.165, 1.54) is 186 Å². The molecule has 0 bridgehead atoms. The fourth-order valence-corrected chi connectivity index (χ4v) is 8.65. The van der Waals surface area contributed by atoms with Gasteiger partial charge in [-0.15, -0.1) is 0 Å². The molecule has 0 saturated heterocycles. The van der Waals surface area contributed by atoms with Gasteiger partial charge in [0, 0.05) is 6.42 Å². The maximum absolute atomic E-state index is 13.2. The molecule has 0 aliphatic carbocycles. The number of aliphatic hydroxyl groups excluding tert-OH is 2. The molecule has 0 saturated carbocycles. The molecule has 0 rings (SSSR count). The first kappa shape index (κ1) is 62.1. The largest absolute Gasteiger partial charge is 0.462 e. The summed E-state index contributed by atoms with van der Waals surface area (Å²) < 4.78 is 5.94. The van der Waals surface area contributed by atoms with E-state index in [0.717, 1.165) is 64.2 Å². The Morgan fingerprint density at radius 1 is 0.453 bits per heavy atom. The number of hydrogen-bond donors (Lipinski definition) is 3. The highest BCUT2D eigenvalue weighted by Crippen LogP contribution is 2.18. The van der Waals surface area contributed by atoms with Crippen molar-refractivity contribution in [3.63, 3.8) is 0 Å². The molecule has 376 valence electrons. The summed E-state index contributed by atoms with van der Waals surface area (Å²) in [5.41, 5.74) is 0. The second-order valence-electron chi connectivity index (χ2n) is 19.4. The van der Waals surface area contributed by atoms with Crippen molar-refractivity contribution < 1.29 is 24.5 Å². The van der Waals surface area contributed by atoms with Crippen molar-refractivity contribution in [2.75, 3.05) is 6.61 Å². The number of unbranched alkanes of at least 4 members (excludes halogenated alkanes) is 34. The van der Waals surface area contributed by atoms with E-state index >= 15 is 0 Å². The number of allylic oxidation sites excluding steroid dienone is 6. The lowest BCUT2D eigenvalue weighted by atomic mass is 10.0. The Morgan fingerprint density at radius 3 is 1.25 bits per heavy atom. The number of esters is 1. The van der Waals surface area contributed by atoms with Crippen molar-refractivity contribution in [2.24, 2.45) is 0 Å². The number of ether oxygens (including phenoxy) is 1. The van der Waals surface area contributed by atoms with Crippen LogP contribution in [0, 0.1) is 0 Å². The summed E-state index contributed by atoms with van der Waals surface area (Å²) in [6.07, 6.45) is 62.0. The highest BCUT2D eigenvalue weighted by atomic mass is 16.5. The van der Waals surface area contributed by atoms with Crippen LogP contribution in [-0.2, 0) is 14.3 Å². The summed E-state index contributed by atoms with van der Waals surface area (Å²) in [4.78, 5) is 26.2. The van der Waals surface area contributed by atoms with Gasteiger partial charge in [-0.25, -0.2) is 0 Å². The fourth-order valence-electron chi connectivity index (χ4n) is 8.65. The van der Waals surface area contributed by atoms with Crippen LogP contribution in [-0.4, -0.2) is 46.9 Å². The number of amides is 1. The van der Waals surface area contributed by atoms with Gasteiger partial charge in [0.05, 0.1) is 25.2 Å². The normalized spacial score (nSPS) is 13.4. The second-order valence-corrected chi connectivity index (χ2v) is 19.4. The van der Waals surface area contributed by atoms with Crippen LogP contribution in [0.4, 0.5) is 0 Å². The third-order valence-corrected chi connectivity index (χ3v) is 13.0. The summed E-state index contributed by atoms with van der Waals surface area (Å²) in [6, 6.07) is -0.707. The monoisotopic (exact) mass is 900 g/mol. The number of hydrogen-bond acceptors (Lipinski definition) is 5. The van der Waals surface area contributed by atoms with Gasteiger partial charge in [0.15, 0.2) is 0 Å². The topological polar surface area (TPSA) is 95.9 Å². The summed E-state index contributed by atoms with van der Waals surface area (Å²) in [5.74, 6) is -0.491. The molecule has 0 aromatic heterocycles. The predicted molar refractivity (Wildman–Crippen MR) is 278 cm³/mol. The van der Waals surface area contributed by atoms with Gasteiger partial charge in [0.2, 0.25) is 5.91 Å². The van der Waals surface area contributed by atoms with E-state index in [1.807, 2.05) is 0 Å². The molecule has 3 unspecified atom stereocenters. The maximum Gasteiger partial charge on any atom is 0.306 e. The lowest BCUT2D eigenvalue weighted by molar-refractivity contribution is -0.151. The standard InChI is InChI=1S/C58H109NO5/c1-4-7-10-13-16-19-22-25-28-30-32-35-38-41-44-47-50-56(61)55(53-60)59-57(62)52-54(49-46-43-40-37-34-31-27-24-21-18-15-12-9-6-3)64-58(63)51-48-45-42-39-36-33-29-26-23-20-17-14-11-8-5-2/h17,20,23,26,31,34,54-56,60-61H,4-16,18-19,21-22,24-25,27-30,32-33,35-53H2,1-3H3,(H,59,62)/b20-17+,26-23+,34-31+. The van der Waals surface area contributed by atoms with Crippen molar-refractivity contribution in [3.8, 4) is 0 Å². The van der Waals surface area contributed by atoms with Crippen molar-refractivity contribution in [2.45, 2.75) is 315 Å². The Labute approximate surface area is 398 Å². The zero-order valence-corrected chi connectivity index (χ0v) is 42.9. The molecule has 0 aromatic carbocycles. The Bertz CT molecular complexity index is 1060. The average molecular weight is 901 g/mol. The number of aliphatic hydroxyl groups is 2. The first-order valence-electron chi connectivity index (χ1n) is 28.2. The minimum absolute atomic E-state index is 0.0649. The predicted octanol–water partition coefficient (Wildman–Crippen LogP) is 17.2. The molecule has 3 N–H and O–H groups in total. The zero-order valence-electron chi connectivity index (χ0n) is 42.9. The quantitative estimate of drug-likeness (QED) is 0.0245. The van der Waals surface area contributed by atoms with Crippen LogP contribution in [0.3, 0.4) is 0 Å². The SMILES string of the molecule is CCCCC/C=C/C=C/CCCCCCCCC(=O)OC(CCCCC/C=C/CCCCCCCCC)CC(=O)NC(CO)C(O)CCCCCCCCCCCCCCCCCC. The van der Waals surface area contributed by atoms with Gasteiger partial charge in [-0.3, -0.25) is 9.59 Å². The van der Waals surface area contributed by atoms with Gasteiger partial charge in [-0.1, -0.05) is 243 Å². The van der Waals surface area contributed by atoms with Gasteiger partial charge in [-0.05, 0) is 77.0 Å². The smallest absolute Gasteiger partial charge is 0.306 e. The van der Waals surface area contributed by atoms with E-state index < -0.39 is 18.2 Å². The number of carbonyl (C=O) groups is 2. The molecule has 6 heteroatoms. The van der Waals surface area contributed by atoms with E-state index in [1.54, 1.807) is 0 Å². The van der Waals surface area contributed by atoms with E-state index in [0.29, 0.717) is 19.3 Å². The van der Waals surface area contributed by atoms with E-state index in [-0.39, 0.29) is 24.9 Å². The minimum atomic E-state index is -0.792. The van der Waals surface area contributed by atoms with E-state index in [2.05, 4.69) is 62.5 Å². The fraction of sp³-hybridized carbons (Fsp3) is 0.862. The van der Waals surface area contributed by atoms with Crippen molar-refractivity contribution in [1.82, 2.24) is 5.32 Å². The zero-order chi connectivity index (χ0) is 46.7. The molecular weight excluding hydrogens is 791 g/mol. The van der Waals surface area contributed by atoms with E-state index in [9.17, 15) is 19.8 Å². The molecule has 0 aromatic rings. The Balaban J connectivity index is 4.55. The summed E-state index contributed by atoms with van der Waals surface area (Å²) >= 11 is 0. The van der Waals surface area contributed by atoms with Gasteiger partial charge < -0.3 is 20.3 Å².